The van der Waals surface area contributed by atoms with Crippen LogP contribution >= 0.6 is 11.8 Å². The van der Waals surface area contributed by atoms with E-state index in [2.05, 4.69) is 37.8 Å². The highest BCUT2D eigenvalue weighted by Gasteiger charge is 2.18. The molecule has 0 aromatic carbocycles. The summed E-state index contributed by atoms with van der Waals surface area (Å²) in [6.45, 7) is 9.30. The fraction of sp³-hybridized carbons (Fsp3) is 1.00. The van der Waals surface area contributed by atoms with Crippen LogP contribution in [0, 0.1) is 11.8 Å². The molecule has 1 rings (SSSR count). The molecule has 0 aliphatic heterocycles. The topological polar surface area (TPSA) is 12.0 Å². The molecule has 0 radical (unpaired) electrons. The van der Waals surface area contributed by atoms with E-state index in [4.69, 9.17) is 0 Å². The van der Waals surface area contributed by atoms with Crippen molar-refractivity contribution in [1.82, 2.24) is 5.32 Å². The fourth-order valence-corrected chi connectivity index (χ4v) is 3.61. The van der Waals surface area contributed by atoms with E-state index in [1.807, 2.05) is 0 Å². The number of hydrogen-bond acceptors (Lipinski definition) is 2. The second kappa shape index (κ2) is 7.56. The van der Waals surface area contributed by atoms with E-state index in [0.29, 0.717) is 0 Å². The summed E-state index contributed by atoms with van der Waals surface area (Å²) in [5.74, 6) is 3.05. The van der Waals surface area contributed by atoms with Crippen molar-refractivity contribution in [2.24, 2.45) is 11.8 Å². The predicted molar refractivity (Wildman–Crippen MR) is 71.6 cm³/mol. The van der Waals surface area contributed by atoms with Crippen LogP contribution in [-0.2, 0) is 0 Å². The molecule has 2 atom stereocenters. The first-order valence-electron chi connectivity index (χ1n) is 6.50. The van der Waals surface area contributed by atoms with Crippen LogP contribution in [0.1, 0.15) is 46.5 Å². The van der Waals surface area contributed by atoms with E-state index in [1.165, 1.54) is 44.5 Å². The Hall–Kier alpha value is 0.310. The van der Waals surface area contributed by atoms with Crippen LogP contribution in [-0.4, -0.2) is 24.1 Å². The molecule has 0 heterocycles. The first-order chi connectivity index (χ1) is 7.18. The molecule has 1 fully saturated rings. The lowest BCUT2D eigenvalue weighted by atomic mass is 9.91. The second-order valence-electron chi connectivity index (χ2n) is 5.36. The van der Waals surface area contributed by atoms with Gasteiger partial charge in [-0.05, 0) is 31.2 Å². The average molecular weight is 229 g/mol. The molecule has 1 nitrogen and oxygen atoms in total. The van der Waals surface area contributed by atoms with Crippen LogP contribution in [0.4, 0.5) is 0 Å². The van der Waals surface area contributed by atoms with Crippen molar-refractivity contribution < 1.29 is 0 Å². The van der Waals surface area contributed by atoms with Crippen molar-refractivity contribution in [3.8, 4) is 0 Å². The maximum atomic E-state index is 3.51. The van der Waals surface area contributed by atoms with Crippen LogP contribution in [0.2, 0.25) is 0 Å². The van der Waals surface area contributed by atoms with Crippen LogP contribution in [0.3, 0.4) is 0 Å². The Morgan fingerprint density at radius 3 is 2.80 bits per heavy atom. The van der Waals surface area contributed by atoms with Gasteiger partial charge in [0, 0.05) is 17.5 Å². The van der Waals surface area contributed by atoms with E-state index in [0.717, 1.165) is 17.1 Å². The molecule has 0 aromatic rings. The molecule has 0 amide bonds. The summed E-state index contributed by atoms with van der Waals surface area (Å²) in [7, 11) is 0. The highest BCUT2D eigenvalue weighted by Crippen LogP contribution is 2.31. The van der Waals surface area contributed by atoms with Gasteiger partial charge in [-0.25, -0.2) is 0 Å². The first-order valence-corrected chi connectivity index (χ1v) is 7.55. The van der Waals surface area contributed by atoms with E-state index < -0.39 is 0 Å². The molecule has 2 unspecified atom stereocenters. The Balaban J connectivity index is 1.95. The molecular formula is C13H27NS. The van der Waals surface area contributed by atoms with Gasteiger partial charge in [0.15, 0.2) is 0 Å². The van der Waals surface area contributed by atoms with Crippen LogP contribution < -0.4 is 5.32 Å². The molecule has 90 valence electrons. The lowest BCUT2D eigenvalue weighted by Crippen LogP contribution is -2.23. The molecule has 0 spiro atoms. The quantitative estimate of drug-likeness (QED) is 0.699. The number of hydrogen-bond donors (Lipinski definition) is 1. The summed E-state index contributed by atoms with van der Waals surface area (Å²) in [4.78, 5) is 0. The van der Waals surface area contributed by atoms with Gasteiger partial charge in [0.05, 0.1) is 0 Å². The highest BCUT2D eigenvalue weighted by atomic mass is 32.2. The average Bonchev–Trinajstić information content (AvgIpc) is 2.17. The monoisotopic (exact) mass is 229 g/mol. The lowest BCUT2D eigenvalue weighted by Gasteiger charge is -2.26. The van der Waals surface area contributed by atoms with E-state index in [9.17, 15) is 0 Å². The zero-order valence-corrected chi connectivity index (χ0v) is 11.4. The van der Waals surface area contributed by atoms with Crippen molar-refractivity contribution in [3.63, 3.8) is 0 Å². The maximum absolute atomic E-state index is 3.51. The van der Waals surface area contributed by atoms with E-state index >= 15 is 0 Å². The summed E-state index contributed by atoms with van der Waals surface area (Å²) < 4.78 is 0. The Morgan fingerprint density at radius 1 is 1.33 bits per heavy atom. The van der Waals surface area contributed by atoms with Crippen molar-refractivity contribution in [2.75, 3.05) is 18.8 Å². The normalized spacial score (nSPS) is 27.2. The highest BCUT2D eigenvalue weighted by molar-refractivity contribution is 7.99. The van der Waals surface area contributed by atoms with E-state index in [-0.39, 0.29) is 0 Å². The number of nitrogens with one attached hydrogen (secondary N) is 1. The summed E-state index contributed by atoms with van der Waals surface area (Å²) in [6.07, 6.45) is 5.83. The summed E-state index contributed by atoms with van der Waals surface area (Å²) >= 11 is 2.19. The fourth-order valence-electron chi connectivity index (χ4n) is 2.22. The third kappa shape index (κ3) is 6.47. The molecule has 2 heteroatoms. The maximum Gasteiger partial charge on any atom is 0.00608 e. The Bertz CT molecular complexity index is 159. The standard InChI is InChI=1S/C13H27NS/c1-11(2)10-14-7-8-15-13-6-4-5-12(3)9-13/h11-14H,4-10H2,1-3H3. The van der Waals surface area contributed by atoms with Gasteiger partial charge in [0.1, 0.15) is 0 Å². The van der Waals surface area contributed by atoms with Gasteiger partial charge in [-0.3, -0.25) is 0 Å². The zero-order valence-electron chi connectivity index (χ0n) is 10.6. The minimum absolute atomic E-state index is 0.782. The molecule has 1 aliphatic rings. The van der Waals surface area contributed by atoms with Crippen molar-refractivity contribution in [3.05, 3.63) is 0 Å². The van der Waals surface area contributed by atoms with Crippen LogP contribution in [0.25, 0.3) is 0 Å². The molecule has 0 bridgehead atoms. The molecule has 1 aliphatic carbocycles. The van der Waals surface area contributed by atoms with Crippen LogP contribution in [0.5, 0.6) is 0 Å². The molecule has 15 heavy (non-hydrogen) atoms. The summed E-state index contributed by atoms with van der Waals surface area (Å²) in [6, 6.07) is 0. The minimum atomic E-state index is 0.782. The second-order valence-corrected chi connectivity index (χ2v) is 6.77. The van der Waals surface area contributed by atoms with Gasteiger partial charge in [0.25, 0.3) is 0 Å². The Kier molecular flexibility index (Phi) is 6.74. The van der Waals surface area contributed by atoms with Crippen LogP contribution in [0.15, 0.2) is 0 Å². The van der Waals surface area contributed by atoms with Gasteiger partial charge in [-0.1, -0.05) is 33.6 Å². The molecular weight excluding hydrogens is 202 g/mol. The van der Waals surface area contributed by atoms with Gasteiger partial charge in [0.2, 0.25) is 0 Å². The number of rotatable bonds is 6. The third-order valence-corrected chi connectivity index (χ3v) is 4.41. The minimum Gasteiger partial charge on any atom is -0.316 e. The molecule has 0 saturated heterocycles. The first kappa shape index (κ1) is 13.4. The predicted octanol–water partition coefficient (Wildman–Crippen LogP) is 3.54. The summed E-state index contributed by atoms with van der Waals surface area (Å²) in [5, 5.41) is 4.47. The number of thioether (sulfide) groups is 1. The Labute approximate surface area is 99.8 Å². The third-order valence-electron chi connectivity index (χ3n) is 3.07. The summed E-state index contributed by atoms with van der Waals surface area (Å²) in [5.41, 5.74) is 0. The van der Waals surface area contributed by atoms with Crippen molar-refractivity contribution in [2.45, 2.75) is 51.7 Å². The van der Waals surface area contributed by atoms with Crippen molar-refractivity contribution in [1.29, 1.82) is 0 Å². The van der Waals surface area contributed by atoms with E-state index in [1.54, 1.807) is 0 Å². The smallest absolute Gasteiger partial charge is 0.00608 e. The van der Waals surface area contributed by atoms with Gasteiger partial charge >= 0.3 is 0 Å². The zero-order chi connectivity index (χ0) is 11.1. The molecule has 1 N–H and O–H groups in total. The van der Waals surface area contributed by atoms with Gasteiger partial charge in [-0.2, -0.15) is 11.8 Å². The van der Waals surface area contributed by atoms with Gasteiger partial charge in [-0.15, -0.1) is 0 Å². The molecule has 0 aromatic heterocycles. The van der Waals surface area contributed by atoms with Gasteiger partial charge < -0.3 is 5.32 Å². The molecule has 1 saturated carbocycles. The Morgan fingerprint density at radius 2 is 2.13 bits per heavy atom. The van der Waals surface area contributed by atoms with Crippen molar-refractivity contribution >= 4 is 11.8 Å². The lowest BCUT2D eigenvalue weighted by molar-refractivity contribution is 0.394. The SMILES string of the molecule is CC(C)CNCCSC1CCCC(C)C1. The largest absolute Gasteiger partial charge is 0.316 e.